The van der Waals surface area contributed by atoms with Gasteiger partial charge in [-0.1, -0.05) is 42.5 Å². The van der Waals surface area contributed by atoms with E-state index in [1.54, 1.807) is 7.05 Å². The fourth-order valence-electron chi connectivity index (χ4n) is 3.50. The van der Waals surface area contributed by atoms with Crippen LogP contribution in [0.1, 0.15) is 11.1 Å². The van der Waals surface area contributed by atoms with Crippen LogP contribution in [0.15, 0.2) is 90.1 Å². The first-order valence-electron chi connectivity index (χ1n) is 10.1. The van der Waals surface area contributed by atoms with E-state index >= 15 is 0 Å². The number of carbonyl (C=O) groups is 1. The van der Waals surface area contributed by atoms with Gasteiger partial charge in [0.25, 0.3) is 0 Å². The molecule has 6 nitrogen and oxygen atoms in total. The molecule has 0 aliphatic heterocycles. The summed E-state index contributed by atoms with van der Waals surface area (Å²) in [5, 5.41) is 10.2. The third-order valence-electron chi connectivity index (χ3n) is 5.06. The molecule has 4 aromatic rings. The highest BCUT2D eigenvalue weighted by Crippen LogP contribution is 2.20. The Morgan fingerprint density at radius 2 is 1.68 bits per heavy atom. The Kier molecular flexibility index (Phi) is 5.98. The zero-order valence-electron chi connectivity index (χ0n) is 17.6. The van der Waals surface area contributed by atoms with Crippen LogP contribution >= 0.6 is 0 Å². The van der Waals surface area contributed by atoms with E-state index in [-0.39, 0.29) is 6.03 Å². The van der Waals surface area contributed by atoms with Gasteiger partial charge in [-0.05, 0) is 42.0 Å². The number of benzene rings is 3. The fraction of sp³-hybridized carbons (Fsp3) is 0.120. The lowest BCUT2D eigenvalue weighted by molar-refractivity contribution is 0.262. The third kappa shape index (κ3) is 4.93. The number of anilines is 2. The second-order valence-corrected chi connectivity index (χ2v) is 7.27. The quantitative estimate of drug-likeness (QED) is 0.320. The number of fused-ring (bicyclic) bond motifs is 1. The van der Waals surface area contributed by atoms with Crippen LogP contribution in [-0.4, -0.2) is 23.5 Å². The predicted molar refractivity (Wildman–Crippen MR) is 128 cm³/mol. The summed E-state index contributed by atoms with van der Waals surface area (Å²) in [5.74, 6) is 0.827. The van der Waals surface area contributed by atoms with E-state index in [2.05, 4.69) is 20.9 Å². The first-order valence-corrected chi connectivity index (χ1v) is 10.1. The van der Waals surface area contributed by atoms with Crippen LogP contribution in [0, 0.1) is 0 Å². The van der Waals surface area contributed by atoms with Crippen LogP contribution in [0.5, 0.6) is 0 Å². The molecule has 0 spiro atoms. The predicted octanol–water partition coefficient (Wildman–Crippen LogP) is 4.99. The highest BCUT2D eigenvalue weighted by atomic mass is 16.2. The largest absolute Gasteiger partial charge is 0.366 e. The Balaban J connectivity index is 1.37. The number of hydrogen-bond acceptors (Lipinski definition) is 2. The van der Waals surface area contributed by atoms with Crippen molar-refractivity contribution in [3.63, 3.8) is 0 Å². The first-order chi connectivity index (χ1) is 15.1. The van der Waals surface area contributed by atoms with Crippen molar-refractivity contribution in [1.29, 1.82) is 0 Å². The van der Waals surface area contributed by atoms with Crippen molar-refractivity contribution < 1.29 is 4.79 Å². The van der Waals surface area contributed by atoms with Gasteiger partial charge in [-0.15, -0.1) is 0 Å². The number of aryl methyl sites for hydroxylation is 1. The van der Waals surface area contributed by atoms with Crippen LogP contribution in [-0.2, 0) is 13.6 Å². The van der Waals surface area contributed by atoms with Crippen LogP contribution in [0.3, 0.4) is 0 Å². The normalized spacial score (nSPS) is 11.4. The van der Waals surface area contributed by atoms with Gasteiger partial charge in [0.15, 0.2) is 0 Å². The summed E-state index contributed by atoms with van der Waals surface area (Å²) in [5.41, 5.74) is 4.68. The van der Waals surface area contributed by atoms with Gasteiger partial charge in [-0.2, -0.15) is 0 Å². The number of urea groups is 1. The standard InChI is InChI=1S/C25H25N5O/c1-26-24(19-8-4-3-5-9-19)27-17-18-7-6-10-21(15-18)28-25(31)29-22-11-12-23-20(16-22)13-14-30(23)2/h3-16H,17H2,1-2H3,(H,26,27)(H2,28,29,31). The van der Waals surface area contributed by atoms with E-state index < -0.39 is 0 Å². The van der Waals surface area contributed by atoms with Crippen molar-refractivity contribution in [1.82, 2.24) is 9.88 Å². The Morgan fingerprint density at radius 3 is 2.45 bits per heavy atom. The molecule has 3 N–H and O–H groups in total. The lowest BCUT2D eigenvalue weighted by Crippen LogP contribution is -2.24. The Morgan fingerprint density at radius 1 is 0.903 bits per heavy atom. The molecule has 0 aliphatic rings. The van der Waals surface area contributed by atoms with Gasteiger partial charge in [-0.25, -0.2) is 4.79 Å². The molecule has 3 aromatic carbocycles. The smallest absolute Gasteiger partial charge is 0.323 e. The van der Waals surface area contributed by atoms with Gasteiger partial charge in [0.2, 0.25) is 0 Å². The van der Waals surface area contributed by atoms with E-state index in [4.69, 9.17) is 0 Å². The maximum Gasteiger partial charge on any atom is 0.323 e. The lowest BCUT2D eigenvalue weighted by Gasteiger charge is -2.12. The van der Waals surface area contributed by atoms with Crippen molar-refractivity contribution in [3.8, 4) is 0 Å². The summed E-state index contributed by atoms with van der Waals surface area (Å²) in [6.45, 7) is 0.601. The number of aliphatic imine (C=N–C) groups is 1. The molecule has 0 unspecified atom stereocenters. The SMILES string of the molecule is CN=C(NCc1cccc(NC(=O)Nc2ccc3c(ccn3C)c2)c1)c1ccccc1. The minimum atomic E-state index is -0.277. The van der Waals surface area contributed by atoms with Crippen LogP contribution in [0.25, 0.3) is 10.9 Å². The minimum absolute atomic E-state index is 0.277. The van der Waals surface area contributed by atoms with Gasteiger partial charge >= 0.3 is 6.03 Å². The average Bonchev–Trinajstić information content (AvgIpc) is 3.15. The van der Waals surface area contributed by atoms with E-state index in [0.717, 1.165) is 39.2 Å². The average molecular weight is 412 g/mol. The van der Waals surface area contributed by atoms with Crippen LogP contribution < -0.4 is 16.0 Å². The zero-order valence-corrected chi connectivity index (χ0v) is 17.6. The van der Waals surface area contributed by atoms with Crippen LogP contribution in [0.2, 0.25) is 0 Å². The minimum Gasteiger partial charge on any atom is -0.366 e. The van der Waals surface area contributed by atoms with Crippen molar-refractivity contribution in [2.24, 2.45) is 12.0 Å². The monoisotopic (exact) mass is 411 g/mol. The maximum atomic E-state index is 12.5. The van der Waals surface area contributed by atoms with Crippen molar-refractivity contribution in [2.75, 3.05) is 17.7 Å². The number of amides is 2. The molecule has 31 heavy (non-hydrogen) atoms. The molecular formula is C25H25N5O. The molecular weight excluding hydrogens is 386 g/mol. The summed E-state index contributed by atoms with van der Waals surface area (Å²) < 4.78 is 2.05. The third-order valence-corrected chi connectivity index (χ3v) is 5.06. The molecule has 1 aromatic heterocycles. The highest BCUT2D eigenvalue weighted by molar-refractivity contribution is 6.01. The number of amidine groups is 1. The summed E-state index contributed by atoms with van der Waals surface area (Å²) in [6, 6.07) is 25.4. The number of nitrogens with one attached hydrogen (secondary N) is 3. The molecule has 4 rings (SSSR count). The topological polar surface area (TPSA) is 70.4 Å². The zero-order chi connectivity index (χ0) is 21.6. The summed E-state index contributed by atoms with van der Waals surface area (Å²) in [4.78, 5) is 16.8. The molecule has 0 saturated carbocycles. The van der Waals surface area contributed by atoms with E-state index in [0.29, 0.717) is 6.54 Å². The van der Waals surface area contributed by atoms with E-state index in [1.807, 2.05) is 96.7 Å². The molecule has 0 aliphatic carbocycles. The number of rotatable bonds is 5. The number of nitrogens with zero attached hydrogens (tertiary/aromatic N) is 2. The summed E-state index contributed by atoms with van der Waals surface area (Å²) >= 11 is 0. The van der Waals surface area contributed by atoms with Gasteiger partial charge in [-0.3, -0.25) is 4.99 Å². The van der Waals surface area contributed by atoms with Gasteiger partial charge in [0.05, 0.1) is 0 Å². The Labute approximate surface area is 181 Å². The van der Waals surface area contributed by atoms with Crippen molar-refractivity contribution in [2.45, 2.75) is 6.54 Å². The molecule has 0 atom stereocenters. The number of carbonyl (C=O) groups excluding carboxylic acids is 1. The summed E-state index contributed by atoms with van der Waals surface area (Å²) in [6.07, 6.45) is 2.00. The van der Waals surface area contributed by atoms with Gasteiger partial charge in [0.1, 0.15) is 5.84 Å². The molecule has 1 heterocycles. The van der Waals surface area contributed by atoms with Crippen molar-refractivity contribution in [3.05, 3.63) is 96.2 Å². The molecule has 0 radical (unpaired) electrons. The second kappa shape index (κ2) is 9.17. The van der Waals surface area contributed by atoms with Crippen LogP contribution in [0.4, 0.5) is 16.2 Å². The second-order valence-electron chi connectivity index (χ2n) is 7.27. The fourth-order valence-corrected chi connectivity index (χ4v) is 3.50. The number of aromatic nitrogens is 1. The Bertz CT molecular complexity index is 1230. The first kappa shape index (κ1) is 20.2. The van der Waals surface area contributed by atoms with E-state index in [1.165, 1.54) is 0 Å². The number of hydrogen-bond donors (Lipinski definition) is 3. The van der Waals surface area contributed by atoms with Gasteiger partial charge < -0.3 is 20.5 Å². The van der Waals surface area contributed by atoms with Crippen molar-refractivity contribution >= 4 is 34.1 Å². The summed E-state index contributed by atoms with van der Waals surface area (Å²) in [7, 11) is 3.77. The van der Waals surface area contributed by atoms with Gasteiger partial charge in [0, 0.05) is 54.7 Å². The molecule has 0 bridgehead atoms. The molecule has 156 valence electrons. The molecule has 2 amide bonds. The molecule has 0 saturated heterocycles. The maximum absolute atomic E-state index is 12.5. The van der Waals surface area contributed by atoms with E-state index in [9.17, 15) is 4.79 Å². The molecule has 0 fully saturated rings. The Hall–Kier alpha value is -4.06. The lowest BCUT2D eigenvalue weighted by atomic mass is 10.1. The highest BCUT2D eigenvalue weighted by Gasteiger charge is 2.06. The molecule has 6 heteroatoms.